The smallest absolute Gasteiger partial charge is 0.343 e. The highest BCUT2D eigenvalue weighted by atomic mass is 19.4. The van der Waals surface area contributed by atoms with Gasteiger partial charge in [0, 0.05) is 32.1 Å². The fraction of sp³-hybridized carbons (Fsp3) is 0.588. The summed E-state index contributed by atoms with van der Waals surface area (Å²) in [4.78, 5) is 13.3. The Morgan fingerprint density at radius 2 is 1.91 bits per heavy atom. The average molecular weight is 328 g/mol. The maximum Gasteiger partial charge on any atom is 0.416 e. The zero-order valence-electron chi connectivity index (χ0n) is 13.7. The van der Waals surface area contributed by atoms with E-state index in [9.17, 15) is 18.0 Å². The number of piperidine rings is 1. The van der Waals surface area contributed by atoms with Gasteiger partial charge in [-0.1, -0.05) is 19.1 Å². The molecule has 1 aliphatic rings. The fourth-order valence-corrected chi connectivity index (χ4v) is 3.06. The van der Waals surface area contributed by atoms with Crippen LogP contribution in [0, 0.1) is 5.92 Å². The van der Waals surface area contributed by atoms with Gasteiger partial charge in [0.15, 0.2) is 0 Å². The van der Waals surface area contributed by atoms with Crippen LogP contribution in [-0.4, -0.2) is 29.9 Å². The van der Waals surface area contributed by atoms with Crippen molar-refractivity contribution in [1.29, 1.82) is 0 Å². The van der Waals surface area contributed by atoms with E-state index in [1.807, 2.05) is 11.8 Å². The van der Waals surface area contributed by atoms with Crippen LogP contribution < -0.4 is 5.32 Å². The average Bonchev–Trinajstić information content (AvgIpc) is 2.48. The lowest BCUT2D eigenvalue weighted by Crippen LogP contribution is -2.50. The molecule has 128 valence electrons. The standard InChI is InChI=1S/C17H23F3N2O/c1-11-10-22(13(3)23)9-8-16(11)21-12(2)14-4-6-15(7-5-14)17(18,19)20/h4-7,11-12,16,21H,8-10H2,1-3H3/t11-,12-,16+/m1/s1. The Bertz CT molecular complexity index is 542. The van der Waals surface area contributed by atoms with E-state index >= 15 is 0 Å². The van der Waals surface area contributed by atoms with Crippen LogP contribution in [0.4, 0.5) is 13.2 Å². The summed E-state index contributed by atoms with van der Waals surface area (Å²) in [5.41, 5.74) is 0.204. The first-order valence-electron chi connectivity index (χ1n) is 7.87. The molecule has 0 saturated carbocycles. The van der Waals surface area contributed by atoms with Gasteiger partial charge in [0.1, 0.15) is 0 Å². The van der Waals surface area contributed by atoms with E-state index < -0.39 is 11.7 Å². The van der Waals surface area contributed by atoms with Crippen LogP contribution in [0.2, 0.25) is 0 Å². The van der Waals surface area contributed by atoms with Crippen LogP contribution >= 0.6 is 0 Å². The molecule has 0 unspecified atom stereocenters. The second-order valence-corrected chi connectivity index (χ2v) is 6.35. The van der Waals surface area contributed by atoms with Gasteiger partial charge in [0.2, 0.25) is 5.91 Å². The third-order valence-corrected chi connectivity index (χ3v) is 4.55. The third kappa shape index (κ3) is 4.47. The molecule has 1 amide bonds. The topological polar surface area (TPSA) is 32.3 Å². The largest absolute Gasteiger partial charge is 0.416 e. The number of amides is 1. The molecule has 0 aliphatic carbocycles. The minimum Gasteiger partial charge on any atom is -0.343 e. The second-order valence-electron chi connectivity index (χ2n) is 6.35. The molecule has 0 spiro atoms. The number of carbonyl (C=O) groups excluding carboxylic acids is 1. The minimum atomic E-state index is -4.30. The number of likely N-dealkylation sites (tertiary alicyclic amines) is 1. The summed E-state index contributed by atoms with van der Waals surface area (Å²) in [5.74, 6) is 0.399. The van der Waals surface area contributed by atoms with Crippen LogP contribution in [0.15, 0.2) is 24.3 Å². The number of hydrogen-bond donors (Lipinski definition) is 1. The lowest BCUT2D eigenvalue weighted by Gasteiger charge is -2.38. The number of rotatable bonds is 3. The van der Waals surface area contributed by atoms with Crippen molar-refractivity contribution in [2.75, 3.05) is 13.1 Å². The van der Waals surface area contributed by atoms with Gasteiger partial charge in [-0.2, -0.15) is 13.2 Å². The lowest BCUT2D eigenvalue weighted by atomic mass is 9.92. The molecule has 0 radical (unpaired) electrons. The van der Waals surface area contributed by atoms with Gasteiger partial charge in [-0.25, -0.2) is 0 Å². The summed E-state index contributed by atoms with van der Waals surface area (Å²) in [5, 5.41) is 3.48. The minimum absolute atomic E-state index is 0.0337. The number of nitrogens with one attached hydrogen (secondary N) is 1. The Morgan fingerprint density at radius 3 is 2.39 bits per heavy atom. The molecule has 2 rings (SSSR count). The van der Waals surface area contributed by atoms with Gasteiger partial charge in [0.05, 0.1) is 5.56 Å². The zero-order valence-corrected chi connectivity index (χ0v) is 13.7. The number of alkyl halides is 3. The quantitative estimate of drug-likeness (QED) is 0.919. The van der Waals surface area contributed by atoms with Crippen LogP contribution in [-0.2, 0) is 11.0 Å². The zero-order chi connectivity index (χ0) is 17.2. The molecule has 1 aromatic carbocycles. The highest BCUT2D eigenvalue weighted by Gasteiger charge is 2.31. The molecule has 1 fully saturated rings. The van der Waals surface area contributed by atoms with Gasteiger partial charge < -0.3 is 10.2 Å². The van der Waals surface area contributed by atoms with Crippen molar-refractivity contribution in [2.45, 2.75) is 45.5 Å². The van der Waals surface area contributed by atoms with Crippen molar-refractivity contribution in [2.24, 2.45) is 5.92 Å². The molecule has 3 nitrogen and oxygen atoms in total. The molecule has 1 saturated heterocycles. The highest BCUT2D eigenvalue weighted by Crippen LogP contribution is 2.30. The molecule has 1 aromatic rings. The molecule has 6 heteroatoms. The molecule has 0 bridgehead atoms. The van der Waals surface area contributed by atoms with Crippen molar-refractivity contribution < 1.29 is 18.0 Å². The normalized spacial score (nSPS) is 23.7. The number of nitrogens with zero attached hydrogens (tertiary/aromatic N) is 1. The Balaban J connectivity index is 1.97. The van der Waals surface area contributed by atoms with Gasteiger partial charge in [-0.15, -0.1) is 0 Å². The van der Waals surface area contributed by atoms with Gasteiger partial charge >= 0.3 is 6.18 Å². The first-order chi connectivity index (χ1) is 10.7. The van der Waals surface area contributed by atoms with Gasteiger partial charge in [-0.3, -0.25) is 4.79 Å². The molecule has 1 aliphatic heterocycles. The van der Waals surface area contributed by atoms with E-state index in [2.05, 4.69) is 12.2 Å². The van der Waals surface area contributed by atoms with E-state index in [0.29, 0.717) is 12.5 Å². The summed E-state index contributed by atoms with van der Waals surface area (Å²) in [6.07, 6.45) is -3.45. The predicted molar refractivity (Wildman–Crippen MR) is 82.8 cm³/mol. The third-order valence-electron chi connectivity index (χ3n) is 4.55. The monoisotopic (exact) mass is 328 g/mol. The van der Waals surface area contributed by atoms with Crippen molar-refractivity contribution in [1.82, 2.24) is 10.2 Å². The van der Waals surface area contributed by atoms with Crippen LogP contribution in [0.1, 0.15) is 44.4 Å². The molecule has 1 heterocycles. The van der Waals surface area contributed by atoms with Crippen molar-refractivity contribution in [3.05, 3.63) is 35.4 Å². The van der Waals surface area contributed by atoms with E-state index in [0.717, 1.165) is 30.7 Å². The number of hydrogen-bond acceptors (Lipinski definition) is 2. The highest BCUT2D eigenvalue weighted by molar-refractivity contribution is 5.73. The van der Waals surface area contributed by atoms with Crippen molar-refractivity contribution in [3.8, 4) is 0 Å². The maximum absolute atomic E-state index is 12.6. The SMILES string of the molecule is CC(=O)N1CC[C@H](N[C@H](C)c2ccc(C(F)(F)F)cc2)[C@H](C)C1. The Hall–Kier alpha value is -1.56. The Kier molecular flexibility index (Phi) is 5.34. The van der Waals surface area contributed by atoms with E-state index in [-0.39, 0.29) is 18.0 Å². The first kappa shape index (κ1) is 17.8. The van der Waals surface area contributed by atoms with Gasteiger partial charge in [-0.05, 0) is 37.0 Å². The lowest BCUT2D eigenvalue weighted by molar-refractivity contribution is -0.137. The molecular weight excluding hydrogens is 305 g/mol. The fourth-order valence-electron chi connectivity index (χ4n) is 3.06. The van der Waals surface area contributed by atoms with Crippen molar-refractivity contribution >= 4 is 5.91 Å². The summed E-state index contributed by atoms with van der Waals surface area (Å²) in [6, 6.07) is 5.51. The summed E-state index contributed by atoms with van der Waals surface area (Å²) >= 11 is 0. The number of halogens is 3. The Morgan fingerprint density at radius 1 is 1.30 bits per heavy atom. The molecular formula is C17H23F3N2O. The molecule has 23 heavy (non-hydrogen) atoms. The number of carbonyl (C=O) groups is 1. The van der Waals surface area contributed by atoms with Crippen LogP contribution in [0.5, 0.6) is 0 Å². The first-order valence-corrected chi connectivity index (χ1v) is 7.87. The number of benzene rings is 1. The summed E-state index contributed by atoms with van der Waals surface area (Å²) in [6.45, 7) is 7.05. The molecule has 0 aromatic heterocycles. The molecule has 3 atom stereocenters. The van der Waals surface area contributed by atoms with Gasteiger partial charge in [0.25, 0.3) is 0 Å². The second kappa shape index (κ2) is 6.91. The predicted octanol–water partition coefficient (Wildman–Crippen LogP) is 3.61. The van der Waals surface area contributed by atoms with E-state index in [4.69, 9.17) is 0 Å². The van der Waals surface area contributed by atoms with Crippen LogP contribution in [0.25, 0.3) is 0 Å². The summed E-state index contributed by atoms with van der Waals surface area (Å²) < 4.78 is 37.8. The Labute approximate surface area is 134 Å². The van der Waals surface area contributed by atoms with E-state index in [1.54, 1.807) is 6.92 Å². The van der Waals surface area contributed by atoms with Crippen molar-refractivity contribution in [3.63, 3.8) is 0 Å². The van der Waals surface area contributed by atoms with E-state index in [1.165, 1.54) is 12.1 Å². The maximum atomic E-state index is 12.6. The summed E-state index contributed by atoms with van der Waals surface area (Å²) in [7, 11) is 0. The molecule has 1 N–H and O–H groups in total. The van der Waals surface area contributed by atoms with Crippen LogP contribution in [0.3, 0.4) is 0 Å².